The van der Waals surface area contributed by atoms with Gasteiger partial charge in [0.25, 0.3) is 0 Å². The second kappa shape index (κ2) is 6.79. The Hall–Kier alpha value is -0.770. The van der Waals surface area contributed by atoms with Crippen LogP contribution in [0.2, 0.25) is 0 Å². The van der Waals surface area contributed by atoms with E-state index in [4.69, 9.17) is 0 Å². The summed E-state index contributed by atoms with van der Waals surface area (Å²) in [6.45, 7) is 12.9. The fourth-order valence-corrected chi connectivity index (χ4v) is 2.88. The highest BCUT2D eigenvalue weighted by molar-refractivity contribution is 5.74. The van der Waals surface area contributed by atoms with Crippen molar-refractivity contribution in [3.8, 4) is 0 Å². The van der Waals surface area contributed by atoms with Crippen molar-refractivity contribution >= 4 is 6.03 Å². The van der Waals surface area contributed by atoms with Gasteiger partial charge in [-0.05, 0) is 43.9 Å². The van der Waals surface area contributed by atoms with E-state index < -0.39 is 5.60 Å². The summed E-state index contributed by atoms with van der Waals surface area (Å²) >= 11 is 0. The highest BCUT2D eigenvalue weighted by atomic mass is 16.3. The van der Waals surface area contributed by atoms with Crippen LogP contribution in [-0.2, 0) is 0 Å². The number of amides is 2. The molecular formula is C16H32N2O2. The minimum absolute atomic E-state index is 0.0171. The van der Waals surface area contributed by atoms with Crippen molar-refractivity contribution in [2.24, 2.45) is 11.3 Å². The fourth-order valence-electron chi connectivity index (χ4n) is 2.88. The van der Waals surface area contributed by atoms with Crippen LogP contribution in [0.5, 0.6) is 0 Å². The molecule has 0 aromatic heterocycles. The Balaban J connectivity index is 2.21. The van der Waals surface area contributed by atoms with E-state index in [2.05, 4.69) is 33.0 Å². The normalized spacial score (nSPS) is 20.6. The van der Waals surface area contributed by atoms with Gasteiger partial charge in [-0.25, -0.2) is 4.79 Å². The van der Waals surface area contributed by atoms with Crippen molar-refractivity contribution in [1.82, 2.24) is 10.2 Å². The molecule has 1 saturated heterocycles. The van der Waals surface area contributed by atoms with Crippen molar-refractivity contribution in [2.45, 2.75) is 65.9 Å². The molecule has 1 rings (SSSR count). The molecule has 0 radical (unpaired) electrons. The number of nitrogens with one attached hydrogen (secondary N) is 1. The number of piperidine rings is 1. The zero-order chi connectivity index (χ0) is 15.4. The zero-order valence-corrected chi connectivity index (χ0v) is 13.8. The Morgan fingerprint density at radius 1 is 1.35 bits per heavy atom. The van der Waals surface area contributed by atoms with Crippen LogP contribution >= 0.6 is 0 Å². The van der Waals surface area contributed by atoms with E-state index in [1.165, 1.54) is 6.42 Å². The third kappa shape index (κ3) is 6.60. The number of likely N-dealkylation sites (tertiary alicyclic amines) is 1. The van der Waals surface area contributed by atoms with E-state index in [-0.39, 0.29) is 6.03 Å². The van der Waals surface area contributed by atoms with Crippen LogP contribution in [0.25, 0.3) is 0 Å². The summed E-state index contributed by atoms with van der Waals surface area (Å²) in [5, 5.41) is 12.9. The van der Waals surface area contributed by atoms with Gasteiger partial charge in [-0.3, -0.25) is 0 Å². The molecule has 1 aliphatic rings. The van der Waals surface area contributed by atoms with E-state index in [1.807, 2.05) is 11.8 Å². The van der Waals surface area contributed by atoms with Gasteiger partial charge in [0.05, 0.1) is 5.60 Å². The molecule has 0 spiro atoms. The summed E-state index contributed by atoms with van der Waals surface area (Å²) in [4.78, 5) is 13.8. The van der Waals surface area contributed by atoms with Crippen LogP contribution in [0.15, 0.2) is 0 Å². The van der Waals surface area contributed by atoms with E-state index in [1.54, 1.807) is 0 Å². The lowest BCUT2D eigenvalue weighted by molar-refractivity contribution is 0.00439. The predicted octanol–water partition coefficient (Wildman–Crippen LogP) is 3.01. The molecule has 1 unspecified atom stereocenters. The Morgan fingerprint density at radius 3 is 2.40 bits per heavy atom. The van der Waals surface area contributed by atoms with Crippen molar-refractivity contribution in [1.29, 1.82) is 0 Å². The number of hydrogen-bond donors (Lipinski definition) is 2. The number of rotatable bonds is 4. The second-order valence-corrected chi connectivity index (χ2v) is 7.87. The van der Waals surface area contributed by atoms with Crippen LogP contribution in [0.4, 0.5) is 4.79 Å². The lowest BCUT2D eigenvalue weighted by Crippen LogP contribution is -2.49. The Bertz CT molecular complexity index is 311. The van der Waals surface area contributed by atoms with Crippen molar-refractivity contribution in [3.05, 3.63) is 0 Å². The number of aliphatic hydroxyl groups is 1. The van der Waals surface area contributed by atoms with Crippen LogP contribution in [0.3, 0.4) is 0 Å². The van der Waals surface area contributed by atoms with Crippen LogP contribution < -0.4 is 5.32 Å². The molecule has 1 atom stereocenters. The summed E-state index contributed by atoms with van der Waals surface area (Å²) in [6, 6.07) is 0.0171. The third-order valence-electron chi connectivity index (χ3n) is 4.00. The Labute approximate surface area is 123 Å². The van der Waals surface area contributed by atoms with E-state index in [0.717, 1.165) is 13.0 Å². The standard InChI is InChI=1S/C16H32N2O2/c1-13(12-15(2,3)4)6-9-17-14(19)18-10-7-16(5,20)8-11-18/h13,20H,6-12H2,1-5H3,(H,17,19). The summed E-state index contributed by atoms with van der Waals surface area (Å²) in [5.74, 6) is 0.623. The van der Waals surface area contributed by atoms with E-state index in [0.29, 0.717) is 37.3 Å². The van der Waals surface area contributed by atoms with Gasteiger partial charge in [0.1, 0.15) is 0 Å². The van der Waals surface area contributed by atoms with Gasteiger partial charge in [0.2, 0.25) is 0 Å². The van der Waals surface area contributed by atoms with Gasteiger partial charge in [0.15, 0.2) is 0 Å². The maximum Gasteiger partial charge on any atom is 0.317 e. The Morgan fingerprint density at radius 2 is 1.90 bits per heavy atom. The summed E-state index contributed by atoms with van der Waals surface area (Å²) in [5.41, 5.74) is -0.250. The molecule has 0 aliphatic carbocycles. The smallest absolute Gasteiger partial charge is 0.317 e. The molecule has 118 valence electrons. The summed E-state index contributed by atoms with van der Waals surface area (Å²) < 4.78 is 0. The molecule has 0 aromatic carbocycles. The largest absolute Gasteiger partial charge is 0.390 e. The number of carbonyl (C=O) groups is 1. The van der Waals surface area contributed by atoms with Crippen molar-refractivity contribution in [2.75, 3.05) is 19.6 Å². The maximum absolute atomic E-state index is 12.0. The van der Waals surface area contributed by atoms with Gasteiger partial charge < -0.3 is 15.3 Å². The Kier molecular flexibility index (Phi) is 5.87. The summed E-state index contributed by atoms with van der Waals surface area (Å²) in [6.07, 6.45) is 3.53. The molecule has 0 aromatic rings. The lowest BCUT2D eigenvalue weighted by Gasteiger charge is -2.35. The summed E-state index contributed by atoms with van der Waals surface area (Å²) in [7, 11) is 0. The number of carbonyl (C=O) groups excluding carboxylic acids is 1. The first-order valence-corrected chi connectivity index (χ1v) is 7.84. The van der Waals surface area contributed by atoms with Gasteiger partial charge >= 0.3 is 6.03 Å². The first-order valence-electron chi connectivity index (χ1n) is 7.84. The predicted molar refractivity (Wildman–Crippen MR) is 82.7 cm³/mol. The molecule has 0 bridgehead atoms. The first-order chi connectivity index (χ1) is 9.09. The van der Waals surface area contributed by atoms with Crippen LogP contribution in [-0.4, -0.2) is 41.3 Å². The molecular weight excluding hydrogens is 252 g/mol. The van der Waals surface area contributed by atoms with Gasteiger partial charge in [0, 0.05) is 19.6 Å². The van der Waals surface area contributed by atoms with Gasteiger partial charge in [-0.15, -0.1) is 0 Å². The SMILES string of the molecule is CC(CCNC(=O)N1CCC(C)(O)CC1)CC(C)(C)C. The first kappa shape index (κ1) is 17.3. The second-order valence-electron chi connectivity index (χ2n) is 7.87. The molecule has 4 heteroatoms. The molecule has 2 N–H and O–H groups in total. The molecule has 20 heavy (non-hydrogen) atoms. The molecule has 0 saturated carbocycles. The van der Waals surface area contributed by atoms with E-state index >= 15 is 0 Å². The number of urea groups is 1. The van der Waals surface area contributed by atoms with Crippen LogP contribution in [0.1, 0.15) is 60.3 Å². The number of nitrogens with zero attached hydrogens (tertiary/aromatic N) is 1. The molecule has 1 fully saturated rings. The monoisotopic (exact) mass is 284 g/mol. The highest BCUT2D eigenvalue weighted by Crippen LogP contribution is 2.25. The minimum atomic E-state index is -0.599. The minimum Gasteiger partial charge on any atom is -0.390 e. The van der Waals surface area contributed by atoms with Crippen molar-refractivity contribution in [3.63, 3.8) is 0 Å². The molecule has 2 amide bonds. The molecule has 4 nitrogen and oxygen atoms in total. The van der Waals surface area contributed by atoms with Crippen molar-refractivity contribution < 1.29 is 9.90 Å². The van der Waals surface area contributed by atoms with Gasteiger partial charge in [-0.2, -0.15) is 0 Å². The average molecular weight is 284 g/mol. The van der Waals surface area contributed by atoms with Crippen LogP contribution in [0, 0.1) is 11.3 Å². The zero-order valence-electron chi connectivity index (χ0n) is 13.8. The van der Waals surface area contributed by atoms with Gasteiger partial charge in [-0.1, -0.05) is 27.7 Å². The third-order valence-corrected chi connectivity index (χ3v) is 4.00. The highest BCUT2D eigenvalue weighted by Gasteiger charge is 2.29. The number of hydrogen-bond acceptors (Lipinski definition) is 2. The maximum atomic E-state index is 12.0. The van der Waals surface area contributed by atoms with E-state index in [9.17, 15) is 9.90 Å². The fraction of sp³-hybridized carbons (Fsp3) is 0.938. The quantitative estimate of drug-likeness (QED) is 0.834. The topological polar surface area (TPSA) is 52.6 Å². The molecule has 1 heterocycles. The lowest BCUT2D eigenvalue weighted by atomic mass is 9.84. The molecule has 1 aliphatic heterocycles. The average Bonchev–Trinajstić information content (AvgIpc) is 2.26.